The van der Waals surface area contributed by atoms with E-state index in [1.165, 1.54) is 0 Å². The number of halogens is 1. The molecule has 5 nitrogen and oxygen atoms in total. The summed E-state index contributed by atoms with van der Waals surface area (Å²) in [6.45, 7) is 5.31. The molecule has 0 radical (unpaired) electrons. The summed E-state index contributed by atoms with van der Waals surface area (Å²) in [5.41, 5.74) is 0.983. The van der Waals surface area contributed by atoms with Crippen LogP contribution in [0.3, 0.4) is 0 Å². The summed E-state index contributed by atoms with van der Waals surface area (Å²) in [6, 6.07) is 9.85. The third-order valence-corrected chi connectivity index (χ3v) is 4.22. The summed E-state index contributed by atoms with van der Waals surface area (Å²) >= 11 is 5.88. The van der Waals surface area contributed by atoms with E-state index in [1.54, 1.807) is 6.20 Å². The maximum absolute atomic E-state index is 10.3. The van der Waals surface area contributed by atoms with Gasteiger partial charge in [0.25, 0.3) is 0 Å². The highest BCUT2D eigenvalue weighted by Gasteiger charge is 2.20. The van der Waals surface area contributed by atoms with Crippen LogP contribution in [0.25, 0.3) is 0 Å². The Morgan fingerprint density at radius 2 is 1.77 bits per heavy atom. The Labute approximate surface area is 135 Å². The summed E-state index contributed by atoms with van der Waals surface area (Å²) in [5.74, 6) is 0. The lowest BCUT2D eigenvalue weighted by Crippen LogP contribution is -2.47. The van der Waals surface area contributed by atoms with Crippen LogP contribution < -0.4 is 0 Å². The van der Waals surface area contributed by atoms with Crippen LogP contribution in [0, 0.1) is 0 Å². The number of rotatable bonds is 5. The number of hydrogen-bond donors (Lipinski definition) is 1. The minimum Gasteiger partial charge on any atom is -0.387 e. The standard InChI is InChI=1S/C16H21ClN4O/c17-15-10-18-21(11-15)13-20-8-6-19(7-9-20)12-16(22)14-4-2-1-3-5-14/h1-5,10-11,16,22H,6-9,12-13H2/t16-/m1/s1. The highest BCUT2D eigenvalue weighted by atomic mass is 35.5. The predicted molar refractivity (Wildman–Crippen MR) is 86.7 cm³/mol. The van der Waals surface area contributed by atoms with Crippen LogP contribution in [-0.2, 0) is 6.67 Å². The van der Waals surface area contributed by atoms with Gasteiger partial charge in [0, 0.05) is 38.9 Å². The number of piperazine rings is 1. The van der Waals surface area contributed by atoms with Crippen molar-refractivity contribution in [3.63, 3.8) is 0 Å². The van der Waals surface area contributed by atoms with E-state index in [-0.39, 0.29) is 0 Å². The molecule has 1 aliphatic heterocycles. The molecule has 1 saturated heterocycles. The smallest absolute Gasteiger partial charge is 0.0930 e. The monoisotopic (exact) mass is 320 g/mol. The van der Waals surface area contributed by atoms with Crippen molar-refractivity contribution in [2.75, 3.05) is 32.7 Å². The Kier molecular flexibility index (Phi) is 5.10. The second-order valence-corrected chi connectivity index (χ2v) is 6.12. The van der Waals surface area contributed by atoms with Gasteiger partial charge in [0.15, 0.2) is 0 Å². The Bertz CT molecular complexity index is 581. The van der Waals surface area contributed by atoms with Crippen molar-refractivity contribution in [2.24, 2.45) is 0 Å². The molecule has 0 saturated carbocycles. The van der Waals surface area contributed by atoms with E-state index in [0.717, 1.165) is 38.4 Å². The lowest BCUT2D eigenvalue weighted by molar-refractivity contribution is 0.0597. The van der Waals surface area contributed by atoms with Crippen molar-refractivity contribution in [3.05, 3.63) is 53.3 Å². The SMILES string of the molecule is O[C@H](CN1CCN(Cn2cc(Cl)cn2)CC1)c1ccccc1. The number of benzene rings is 1. The quantitative estimate of drug-likeness (QED) is 0.913. The summed E-state index contributed by atoms with van der Waals surface area (Å²) in [4.78, 5) is 4.65. The number of β-amino-alcohol motifs (C(OH)–C–C–N with tert-alkyl or cyclic N) is 1. The Morgan fingerprint density at radius 3 is 2.41 bits per heavy atom. The molecule has 1 aromatic heterocycles. The second kappa shape index (κ2) is 7.24. The Balaban J connectivity index is 1.45. The van der Waals surface area contributed by atoms with Crippen molar-refractivity contribution >= 4 is 11.6 Å². The van der Waals surface area contributed by atoms with Gasteiger partial charge < -0.3 is 5.11 Å². The molecule has 22 heavy (non-hydrogen) atoms. The van der Waals surface area contributed by atoms with Gasteiger partial charge in [-0.3, -0.25) is 14.5 Å². The zero-order chi connectivity index (χ0) is 15.4. The molecule has 0 unspecified atom stereocenters. The molecule has 1 aromatic carbocycles. The fourth-order valence-electron chi connectivity index (χ4n) is 2.76. The van der Waals surface area contributed by atoms with Crippen LogP contribution in [0.15, 0.2) is 42.7 Å². The molecule has 0 spiro atoms. The largest absolute Gasteiger partial charge is 0.387 e. The van der Waals surface area contributed by atoms with Gasteiger partial charge in [-0.15, -0.1) is 0 Å². The van der Waals surface area contributed by atoms with Crippen molar-refractivity contribution < 1.29 is 5.11 Å². The molecular formula is C16H21ClN4O. The molecule has 0 bridgehead atoms. The summed E-state index contributed by atoms with van der Waals surface area (Å²) in [5, 5.41) is 15.2. The molecule has 3 rings (SSSR count). The molecule has 6 heteroatoms. The van der Waals surface area contributed by atoms with Gasteiger partial charge in [-0.25, -0.2) is 0 Å². The fraction of sp³-hybridized carbons (Fsp3) is 0.438. The molecule has 0 amide bonds. The summed E-state index contributed by atoms with van der Waals surface area (Å²) in [7, 11) is 0. The van der Waals surface area contributed by atoms with E-state index >= 15 is 0 Å². The molecule has 1 atom stereocenters. The average molecular weight is 321 g/mol. The number of aliphatic hydroxyl groups is 1. The molecule has 2 aromatic rings. The lowest BCUT2D eigenvalue weighted by Gasteiger charge is -2.35. The van der Waals surface area contributed by atoms with Gasteiger partial charge in [0.1, 0.15) is 0 Å². The molecular weight excluding hydrogens is 300 g/mol. The highest BCUT2D eigenvalue weighted by Crippen LogP contribution is 2.15. The van der Waals surface area contributed by atoms with Crippen LogP contribution in [0.1, 0.15) is 11.7 Å². The first-order chi connectivity index (χ1) is 10.7. The minimum atomic E-state index is -0.419. The van der Waals surface area contributed by atoms with Gasteiger partial charge in [0.2, 0.25) is 0 Å². The lowest BCUT2D eigenvalue weighted by atomic mass is 10.1. The zero-order valence-electron chi connectivity index (χ0n) is 12.5. The maximum atomic E-state index is 10.3. The van der Waals surface area contributed by atoms with Crippen LogP contribution >= 0.6 is 11.6 Å². The summed E-state index contributed by atoms with van der Waals surface area (Å²) < 4.78 is 1.86. The number of aromatic nitrogens is 2. The first-order valence-corrected chi connectivity index (χ1v) is 7.94. The van der Waals surface area contributed by atoms with Gasteiger partial charge in [-0.05, 0) is 5.56 Å². The van der Waals surface area contributed by atoms with Crippen molar-refractivity contribution in [1.82, 2.24) is 19.6 Å². The number of nitrogens with zero attached hydrogens (tertiary/aromatic N) is 4. The normalized spacial score (nSPS) is 18.5. The first-order valence-electron chi connectivity index (χ1n) is 7.56. The van der Waals surface area contributed by atoms with Crippen LogP contribution in [0.4, 0.5) is 0 Å². The third kappa shape index (κ3) is 4.08. The molecule has 1 fully saturated rings. The molecule has 1 N–H and O–H groups in total. The first kappa shape index (κ1) is 15.5. The maximum Gasteiger partial charge on any atom is 0.0930 e. The van der Waals surface area contributed by atoms with Gasteiger partial charge in [-0.2, -0.15) is 5.10 Å². The average Bonchev–Trinajstić information content (AvgIpc) is 2.95. The van der Waals surface area contributed by atoms with Crippen molar-refractivity contribution in [3.8, 4) is 0 Å². The minimum absolute atomic E-state index is 0.419. The van der Waals surface area contributed by atoms with Crippen molar-refractivity contribution in [1.29, 1.82) is 0 Å². The predicted octanol–water partition coefficient (Wildman–Crippen LogP) is 1.85. The van der Waals surface area contributed by atoms with E-state index in [0.29, 0.717) is 11.6 Å². The topological polar surface area (TPSA) is 44.5 Å². The second-order valence-electron chi connectivity index (χ2n) is 5.68. The van der Waals surface area contributed by atoms with E-state index < -0.39 is 6.10 Å². The fourth-order valence-corrected chi connectivity index (χ4v) is 2.92. The van der Waals surface area contributed by atoms with E-state index in [2.05, 4.69) is 14.9 Å². The Hall–Kier alpha value is -1.40. The van der Waals surface area contributed by atoms with Crippen LogP contribution in [0.5, 0.6) is 0 Å². The highest BCUT2D eigenvalue weighted by molar-refractivity contribution is 6.30. The van der Waals surface area contributed by atoms with Gasteiger partial charge in [-0.1, -0.05) is 41.9 Å². The van der Waals surface area contributed by atoms with Crippen molar-refractivity contribution in [2.45, 2.75) is 12.8 Å². The summed E-state index contributed by atoms with van der Waals surface area (Å²) in [6.07, 6.45) is 3.08. The molecule has 118 valence electrons. The molecule has 2 heterocycles. The Morgan fingerprint density at radius 1 is 1.09 bits per heavy atom. The number of aliphatic hydroxyl groups excluding tert-OH is 1. The van der Waals surface area contributed by atoms with Crippen LogP contribution in [-0.4, -0.2) is 57.4 Å². The van der Waals surface area contributed by atoms with E-state index in [1.807, 2.05) is 41.2 Å². The third-order valence-electron chi connectivity index (χ3n) is 4.03. The number of hydrogen-bond acceptors (Lipinski definition) is 4. The van der Waals surface area contributed by atoms with E-state index in [4.69, 9.17) is 11.6 Å². The van der Waals surface area contributed by atoms with Gasteiger partial charge >= 0.3 is 0 Å². The van der Waals surface area contributed by atoms with Gasteiger partial charge in [0.05, 0.1) is 24.0 Å². The van der Waals surface area contributed by atoms with E-state index in [9.17, 15) is 5.11 Å². The zero-order valence-corrected chi connectivity index (χ0v) is 13.2. The molecule has 0 aliphatic carbocycles. The molecule has 1 aliphatic rings. The van der Waals surface area contributed by atoms with Crippen LogP contribution in [0.2, 0.25) is 5.02 Å².